The Balaban J connectivity index is 2.70. The third-order valence-corrected chi connectivity index (χ3v) is 3.75. The Bertz CT molecular complexity index is 355. The Morgan fingerprint density at radius 3 is 2.71 bits per heavy atom. The van der Waals surface area contributed by atoms with Gasteiger partial charge in [0.15, 0.2) is 0 Å². The Hall–Kier alpha value is -0.380. The normalized spacial score (nSPS) is 12.5. The van der Waals surface area contributed by atoms with Gasteiger partial charge in [-0.3, -0.25) is 0 Å². The van der Waals surface area contributed by atoms with Crippen LogP contribution in [0.2, 0.25) is 5.02 Å². The molecular weight excluding hydrogens is 252 g/mol. The maximum Gasteiger partial charge on any atom is 0.0642 e. The number of benzene rings is 1. The number of rotatable bonds is 6. The molecule has 0 radical (unpaired) electrons. The van der Waals surface area contributed by atoms with E-state index >= 15 is 0 Å². The van der Waals surface area contributed by atoms with Crippen molar-refractivity contribution < 1.29 is 0 Å². The summed E-state index contributed by atoms with van der Waals surface area (Å²) >= 11 is 8.15. The molecule has 0 unspecified atom stereocenters. The number of thioether (sulfide) groups is 1. The van der Waals surface area contributed by atoms with Crippen LogP contribution in [-0.2, 0) is 0 Å². The van der Waals surface area contributed by atoms with Crippen LogP contribution in [0.4, 0.5) is 5.69 Å². The van der Waals surface area contributed by atoms with Gasteiger partial charge in [0.1, 0.15) is 0 Å². The molecule has 0 spiro atoms. The minimum absolute atomic E-state index is 0.0309. The molecule has 0 aliphatic heterocycles. The van der Waals surface area contributed by atoms with Crippen molar-refractivity contribution in [3.05, 3.63) is 28.8 Å². The summed E-state index contributed by atoms with van der Waals surface area (Å²) in [5, 5.41) is 0.784. The van der Waals surface area contributed by atoms with Gasteiger partial charge in [-0.05, 0) is 43.0 Å². The van der Waals surface area contributed by atoms with Gasteiger partial charge in [0.25, 0.3) is 0 Å². The van der Waals surface area contributed by atoms with Crippen LogP contribution in [0, 0.1) is 0 Å². The smallest absolute Gasteiger partial charge is 0.0642 e. The van der Waals surface area contributed by atoms with Crippen molar-refractivity contribution in [2.75, 3.05) is 30.5 Å². The summed E-state index contributed by atoms with van der Waals surface area (Å²) in [4.78, 5) is 2.20. The second kappa shape index (κ2) is 7.14. The molecule has 1 rings (SSSR count). The lowest BCUT2D eigenvalue weighted by Gasteiger charge is -2.21. The predicted molar refractivity (Wildman–Crippen MR) is 80.3 cm³/mol. The molecule has 0 aromatic heterocycles. The minimum atomic E-state index is 0.0309. The first kappa shape index (κ1) is 14.7. The SMILES string of the molecule is CSCCCN(C)c1ccc([C@H](C)N)cc1Cl. The average Bonchev–Trinajstić information content (AvgIpc) is 2.28. The molecule has 2 nitrogen and oxygen atoms in total. The number of halogens is 1. The summed E-state index contributed by atoms with van der Waals surface area (Å²) in [6.07, 6.45) is 3.30. The van der Waals surface area contributed by atoms with Crippen LogP contribution in [0.5, 0.6) is 0 Å². The van der Waals surface area contributed by atoms with E-state index in [0.29, 0.717) is 0 Å². The van der Waals surface area contributed by atoms with Crippen LogP contribution < -0.4 is 10.6 Å². The summed E-state index contributed by atoms with van der Waals surface area (Å²) in [6, 6.07) is 6.10. The van der Waals surface area contributed by atoms with Crippen molar-refractivity contribution in [3.8, 4) is 0 Å². The van der Waals surface area contributed by atoms with Crippen molar-refractivity contribution in [2.45, 2.75) is 19.4 Å². The third kappa shape index (κ3) is 4.41. The Morgan fingerprint density at radius 1 is 1.47 bits per heavy atom. The molecule has 0 aliphatic rings. The fourth-order valence-electron chi connectivity index (χ4n) is 1.68. The van der Waals surface area contributed by atoms with Crippen molar-refractivity contribution in [3.63, 3.8) is 0 Å². The van der Waals surface area contributed by atoms with Crippen LogP contribution in [0.25, 0.3) is 0 Å². The maximum atomic E-state index is 6.28. The zero-order valence-corrected chi connectivity index (χ0v) is 12.3. The summed E-state index contributed by atoms with van der Waals surface area (Å²) in [5.74, 6) is 1.18. The summed E-state index contributed by atoms with van der Waals surface area (Å²) in [6.45, 7) is 2.99. The molecule has 0 fully saturated rings. The van der Waals surface area contributed by atoms with E-state index in [9.17, 15) is 0 Å². The topological polar surface area (TPSA) is 29.3 Å². The number of nitrogens with zero attached hydrogens (tertiary/aromatic N) is 1. The van der Waals surface area contributed by atoms with Gasteiger partial charge in [0, 0.05) is 19.6 Å². The van der Waals surface area contributed by atoms with E-state index in [1.54, 1.807) is 0 Å². The van der Waals surface area contributed by atoms with Crippen LogP contribution in [0.15, 0.2) is 18.2 Å². The van der Waals surface area contributed by atoms with E-state index < -0.39 is 0 Å². The lowest BCUT2D eigenvalue weighted by molar-refractivity contribution is 0.815. The molecule has 0 heterocycles. The zero-order chi connectivity index (χ0) is 12.8. The van der Waals surface area contributed by atoms with Gasteiger partial charge in [0.2, 0.25) is 0 Å². The van der Waals surface area contributed by atoms with Gasteiger partial charge >= 0.3 is 0 Å². The standard InChI is InChI=1S/C13H21ClN2S/c1-10(15)11-5-6-13(12(14)9-11)16(2)7-4-8-17-3/h5-6,9-10H,4,7-8,15H2,1-3H3/t10-/m0/s1. The highest BCUT2D eigenvalue weighted by Gasteiger charge is 2.08. The first-order valence-electron chi connectivity index (χ1n) is 5.81. The Morgan fingerprint density at radius 2 is 2.18 bits per heavy atom. The van der Waals surface area contributed by atoms with Crippen LogP contribution in [0.3, 0.4) is 0 Å². The fourth-order valence-corrected chi connectivity index (χ4v) is 2.43. The molecule has 0 bridgehead atoms. The molecule has 0 saturated carbocycles. The minimum Gasteiger partial charge on any atom is -0.373 e. The van der Waals surface area contributed by atoms with Crippen molar-refractivity contribution in [1.29, 1.82) is 0 Å². The third-order valence-electron chi connectivity index (χ3n) is 2.75. The molecule has 17 heavy (non-hydrogen) atoms. The zero-order valence-electron chi connectivity index (χ0n) is 10.7. The summed E-state index contributed by atoms with van der Waals surface area (Å²) < 4.78 is 0. The molecule has 1 aromatic rings. The molecule has 96 valence electrons. The molecule has 1 atom stereocenters. The number of anilines is 1. The Kier molecular flexibility index (Phi) is 6.17. The van der Waals surface area contributed by atoms with E-state index in [0.717, 1.165) is 22.8 Å². The van der Waals surface area contributed by atoms with Gasteiger partial charge < -0.3 is 10.6 Å². The van der Waals surface area contributed by atoms with Crippen LogP contribution >= 0.6 is 23.4 Å². The Labute approximate surface area is 114 Å². The maximum absolute atomic E-state index is 6.28. The highest BCUT2D eigenvalue weighted by atomic mass is 35.5. The second-order valence-corrected chi connectivity index (χ2v) is 5.66. The largest absolute Gasteiger partial charge is 0.373 e. The number of hydrogen-bond donors (Lipinski definition) is 1. The molecule has 0 saturated heterocycles. The molecule has 4 heteroatoms. The van der Waals surface area contributed by atoms with Gasteiger partial charge in [0.05, 0.1) is 10.7 Å². The molecule has 0 aliphatic carbocycles. The van der Waals surface area contributed by atoms with Gasteiger partial charge in [-0.2, -0.15) is 11.8 Å². The van der Waals surface area contributed by atoms with E-state index in [4.69, 9.17) is 17.3 Å². The van der Waals surface area contributed by atoms with E-state index in [2.05, 4.69) is 30.3 Å². The number of nitrogens with two attached hydrogens (primary N) is 1. The van der Waals surface area contributed by atoms with Crippen LogP contribution in [-0.4, -0.2) is 25.6 Å². The molecule has 2 N–H and O–H groups in total. The molecule has 0 amide bonds. The van der Waals surface area contributed by atoms with Gasteiger partial charge in [-0.25, -0.2) is 0 Å². The van der Waals surface area contributed by atoms with Crippen molar-refractivity contribution in [1.82, 2.24) is 0 Å². The van der Waals surface area contributed by atoms with E-state index in [-0.39, 0.29) is 6.04 Å². The van der Waals surface area contributed by atoms with Crippen LogP contribution in [0.1, 0.15) is 24.9 Å². The monoisotopic (exact) mass is 272 g/mol. The first-order chi connectivity index (χ1) is 8.06. The number of hydrogen-bond acceptors (Lipinski definition) is 3. The fraction of sp³-hybridized carbons (Fsp3) is 0.538. The van der Waals surface area contributed by atoms with Crippen molar-refractivity contribution >= 4 is 29.1 Å². The summed E-state index contributed by atoms with van der Waals surface area (Å²) in [7, 11) is 2.08. The molecule has 1 aromatic carbocycles. The molecular formula is C13H21ClN2S. The summed E-state index contributed by atoms with van der Waals surface area (Å²) in [5.41, 5.74) is 7.99. The average molecular weight is 273 g/mol. The van der Waals surface area contributed by atoms with Crippen molar-refractivity contribution in [2.24, 2.45) is 5.73 Å². The lowest BCUT2D eigenvalue weighted by Crippen LogP contribution is -2.19. The van der Waals surface area contributed by atoms with E-state index in [1.807, 2.05) is 24.8 Å². The van der Waals surface area contributed by atoms with Gasteiger partial charge in [-0.1, -0.05) is 17.7 Å². The van der Waals surface area contributed by atoms with Gasteiger partial charge in [-0.15, -0.1) is 0 Å². The van der Waals surface area contributed by atoms with E-state index in [1.165, 1.54) is 12.2 Å². The quantitative estimate of drug-likeness (QED) is 0.803. The highest BCUT2D eigenvalue weighted by Crippen LogP contribution is 2.27. The second-order valence-electron chi connectivity index (χ2n) is 4.27. The first-order valence-corrected chi connectivity index (χ1v) is 7.58. The lowest BCUT2D eigenvalue weighted by atomic mass is 10.1. The highest BCUT2D eigenvalue weighted by molar-refractivity contribution is 7.98. The predicted octanol–water partition coefficient (Wildman–Crippen LogP) is 3.55.